The Kier molecular flexibility index (Phi) is 7.64. The number of halogens is 4. The summed E-state index contributed by atoms with van der Waals surface area (Å²) < 4.78 is 56.7. The lowest BCUT2D eigenvalue weighted by molar-refractivity contribution is -0.258. The van der Waals surface area contributed by atoms with Crippen LogP contribution >= 0.6 is 22.9 Å². The molecule has 4 rings (SSSR count). The van der Waals surface area contributed by atoms with Gasteiger partial charge in [-0.25, -0.2) is 4.98 Å². The van der Waals surface area contributed by atoms with E-state index in [9.17, 15) is 22.8 Å². The molecule has 0 fully saturated rings. The summed E-state index contributed by atoms with van der Waals surface area (Å²) >= 11 is 6.36. The van der Waals surface area contributed by atoms with E-state index in [2.05, 4.69) is 9.71 Å². The minimum Gasteiger partial charge on any atom is -0.598 e. The molecule has 37 heavy (non-hydrogen) atoms. The number of hydrogen-bond acceptors (Lipinski definition) is 6. The maximum absolute atomic E-state index is 13.5. The summed E-state index contributed by atoms with van der Waals surface area (Å²) in [6, 6.07) is 14.3. The molecule has 0 aliphatic heterocycles. The minimum absolute atomic E-state index is 0.267. The summed E-state index contributed by atoms with van der Waals surface area (Å²) in [4.78, 5) is 9.05. The van der Waals surface area contributed by atoms with Gasteiger partial charge >= 0.3 is 6.18 Å². The van der Waals surface area contributed by atoms with Gasteiger partial charge in [0, 0.05) is 28.1 Å². The van der Waals surface area contributed by atoms with Gasteiger partial charge in [-0.3, -0.25) is 4.98 Å². The predicted octanol–water partition coefficient (Wildman–Crippen LogP) is 6.92. The fourth-order valence-corrected chi connectivity index (χ4v) is 5.86. The van der Waals surface area contributed by atoms with Crippen LogP contribution in [0.25, 0.3) is 21.5 Å². The van der Waals surface area contributed by atoms with Crippen LogP contribution in [0.1, 0.15) is 49.9 Å². The molecule has 5 nitrogen and oxygen atoms in total. The highest BCUT2D eigenvalue weighted by atomic mass is 35.5. The zero-order valence-corrected chi connectivity index (χ0v) is 22.8. The molecule has 4 aromatic rings. The quantitative estimate of drug-likeness (QED) is 0.247. The lowest BCUT2D eigenvalue weighted by atomic mass is 9.94. The number of nitrogens with zero attached hydrogens (tertiary/aromatic N) is 2. The van der Waals surface area contributed by atoms with Gasteiger partial charge in [0.2, 0.25) is 0 Å². The SMILES string of the molecule is CC(C)(C)[S+]([O-])N[C@H](c1nc2cccc(-c3cc([C@@](C)(O)C(F)(F)F)ccn3)c2s1)c1ccccc1Cl. The number of aliphatic hydroxyl groups is 1. The summed E-state index contributed by atoms with van der Waals surface area (Å²) in [5.41, 5.74) is -1.22. The normalized spacial score (nSPS) is 15.9. The van der Waals surface area contributed by atoms with Crippen molar-refractivity contribution in [2.24, 2.45) is 0 Å². The Morgan fingerprint density at radius 2 is 1.76 bits per heavy atom. The van der Waals surface area contributed by atoms with Crippen molar-refractivity contribution in [1.29, 1.82) is 0 Å². The van der Waals surface area contributed by atoms with Gasteiger partial charge in [-0.1, -0.05) is 41.9 Å². The van der Waals surface area contributed by atoms with E-state index in [1.807, 2.05) is 32.9 Å². The van der Waals surface area contributed by atoms with Gasteiger partial charge in [0.25, 0.3) is 0 Å². The highest BCUT2D eigenvalue weighted by molar-refractivity contribution is 7.90. The Hall–Kier alpha value is -2.21. The molecule has 196 valence electrons. The van der Waals surface area contributed by atoms with Crippen LogP contribution < -0.4 is 4.72 Å². The highest BCUT2D eigenvalue weighted by Gasteiger charge is 2.51. The smallest absolute Gasteiger partial charge is 0.421 e. The Morgan fingerprint density at radius 3 is 2.41 bits per heavy atom. The van der Waals surface area contributed by atoms with Crippen molar-refractivity contribution in [3.05, 3.63) is 82.0 Å². The van der Waals surface area contributed by atoms with Crippen molar-refractivity contribution in [2.45, 2.75) is 50.3 Å². The zero-order chi connectivity index (χ0) is 27.2. The number of aromatic nitrogens is 2. The molecule has 2 aromatic carbocycles. The summed E-state index contributed by atoms with van der Waals surface area (Å²) in [6.07, 6.45) is -3.61. The van der Waals surface area contributed by atoms with Crippen molar-refractivity contribution in [3.63, 3.8) is 0 Å². The molecule has 2 N–H and O–H groups in total. The molecule has 11 heteroatoms. The fraction of sp³-hybridized carbons (Fsp3) is 0.308. The molecule has 0 aliphatic rings. The number of rotatable bonds is 6. The lowest BCUT2D eigenvalue weighted by Crippen LogP contribution is -2.41. The zero-order valence-electron chi connectivity index (χ0n) is 20.4. The van der Waals surface area contributed by atoms with Gasteiger partial charge in [0.05, 0.1) is 15.9 Å². The molecule has 0 spiro atoms. The average molecular weight is 568 g/mol. The van der Waals surface area contributed by atoms with E-state index in [4.69, 9.17) is 16.6 Å². The van der Waals surface area contributed by atoms with E-state index < -0.39 is 33.9 Å². The van der Waals surface area contributed by atoms with Crippen LogP contribution in [0.2, 0.25) is 5.02 Å². The first kappa shape index (κ1) is 27.8. The van der Waals surface area contributed by atoms with Gasteiger partial charge in [-0.15, -0.1) is 16.1 Å². The number of alkyl halides is 3. The predicted molar refractivity (Wildman–Crippen MR) is 143 cm³/mol. The second-order valence-corrected chi connectivity index (χ2v) is 13.1. The second kappa shape index (κ2) is 10.2. The maximum Gasteiger partial charge on any atom is 0.421 e. The minimum atomic E-state index is -4.86. The molecule has 0 aliphatic carbocycles. The van der Waals surface area contributed by atoms with Gasteiger partial charge in [0.1, 0.15) is 15.8 Å². The van der Waals surface area contributed by atoms with Crippen molar-refractivity contribution in [3.8, 4) is 11.3 Å². The Morgan fingerprint density at radius 1 is 1.05 bits per heavy atom. The molecule has 0 bridgehead atoms. The third-order valence-corrected chi connectivity index (χ3v) is 8.90. The first-order valence-electron chi connectivity index (χ1n) is 11.3. The highest BCUT2D eigenvalue weighted by Crippen LogP contribution is 2.41. The molecular formula is C26H25ClF3N3O2S2. The summed E-state index contributed by atoms with van der Waals surface area (Å²) in [5.74, 6) is 0. The Bertz CT molecular complexity index is 1420. The van der Waals surface area contributed by atoms with E-state index in [-0.39, 0.29) is 11.3 Å². The van der Waals surface area contributed by atoms with Crippen LogP contribution in [-0.2, 0) is 17.0 Å². The number of nitrogens with one attached hydrogen (secondary N) is 1. The third-order valence-electron chi connectivity index (χ3n) is 5.83. The van der Waals surface area contributed by atoms with Crippen LogP contribution in [0.15, 0.2) is 60.8 Å². The number of fused-ring (bicyclic) bond motifs is 1. The number of thiazole rings is 1. The average Bonchev–Trinajstić information content (AvgIpc) is 3.26. The van der Waals surface area contributed by atoms with Crippen LogP contribution in [0.5, 0.6) is 0 Å². The van der Waals surface area contributed by atoms with E-state index in [1.165, 1.54) is 23.6 Å². The fourth-order valence-electron chi connectivity index (χ4n) is 3.58. The van der Waals surface area contributed by atoms with Gasteiger partial charge < -0.3 is 9.66 Å². The standard InChI is InChI=1S/C26H25ClF3N3O2S2/c1-24(2,3)37(35)33-21(16-8-5-6-10-18(16)27)23-32-19-11-7-9-17(22(19)36-23)20-14-15(12-13-31-20)25(4,34)26(28,29)30/h5-14,21,33-34H,1-4H3/t21-,25+,37?/m0/s1. The van der Waals surface area contributed by atoms with Crippen molar-refractivity contribution < 1.29 is 22.8 Å². The molecule has 0 amide bonds. The van der Waals surface area contributed by atoms with Gasteiger partial charge in [-0.05, 0) is 63.1 Å². The topological polar surface area (TPSA) is 81.1 Å². The monoisotopic (exact) mass is 567 g/mol. The van der Waals surface area contributed by atoms with Crippen LogP contribution in [0.4, 0.5) is 13.2 Å². The summed E-state index contributed by atoms with van der Waals surface area (Å²) in [7, 11) is 0. The third kappa shape index (κ3) is 5.64. The van der Waals surface area contributed by atoms with Crippen molar-refractivity contribution in [1.82, 2.24) is 14.7 Å². The van der Waals surface area contributed by atoms with E-state index in [0.29, 0.717) is 38.3 Å². The van der Waals surface area contributed by atoms with Crippen LogP contribution in [-0.4, -0.2) is 30.6 Å². The number of benzene rings is 2. The van der Waals surface area contributed by atoms with Crippen molar-refractivity contribution >= 4 is 44.5 Å². The van der Waals surface area contributed by atoms with Crippen LogP contribution in [0, 0.1) is 0 Å². The number of hydrogen-bond donors (Lipinski definition) is 2. The molecular weight excluding hydrogens is 543 g/mol. The Balaban J connectivity index is 1.84. The molecule has 0 saturated heterocycles. The van der Waals surface area contributed by atoms with Gasteiger partial charge in [-0.2, -0.15) is 13.2 Å². The molecule has 1 unspecified atom stereocenters. The second-order valence-electron chi connectivity index (χ2n) is 9.66. The Labute approximate surface area is 225 Å². The van der Waals surface area contributed by atoms with E-state index in [1.54, 1.807) is 30.3 Å². The molecule has 3 atom stereocenters. The lowest BCUT2D eigenvalue weighted by Gasteiger charge is -2.27. The van der Waals surface area contributed by atoms with Crippen LogP contribution in [0.3, 0.4) is 0 Å². The first-order valence-corrected chi connectivity index (χ1v) is 13.6. The van der Waals surface area contributed by atoms with Crippen molar-refractivity contribution in [2.75, 3.05) is 0 Å². The maximum atomic E-state index is 13.5. The van der Waals surface area contributed by atoms with E-state index in [0.717, 1.165) is 6.07 Å². The number of pyridine rings is 1. The van der Waals surface area contributed by atoms with E-state index >= 15 is 0 Å². The summed E-state index contributed by atoms with van der Waals surface area (Å²) in [5, 5.41) is 11.2. The summed E-state index contributed by atoms with van der Waals surface area (Å²) in [6.45, 7) is 6.27. The largest absolute Gasteiger partial charge is 0.598 e. The van der Waals surface area contributed by atoms with Gasteiger partial charge in [0.15, 0.2) is 5.60 Å². The first-order chi connectivity index (χ1) is 17.2. The molecule has 0 radical (unpaired) electrons. The molecule has 0 saturated carbocycles. The molecule has 2 aromatic heterocycles. The molecule has 2 heterocycles.